The zero-order chi connectivity index (χ0) is 13.3. The fourth-order valence-corrected chi connectivity index (χ4v) is 1.17. The highest BCUT2D eigenvalue weighted by atomic mass is 16.5. The van der Waals surface area contributed by atoms with E-state index in [0.717, 1.165) is 5.56 Å². The molecule has 0 heterocycles. The fourth-order valence-electron chi connectivity index (χ4n) is 1.17. The lowest BCUT2D eigenvalue weighted by atomic mass is 10.1. The molecule has 0 atom stereocenters. The molecule has 3 heteroatoms. The van der Waals surface area contributed by atoms with Crippen molar-refractivity contribution in [3.8, 4) is 0 Å². The first-order valence-electron chi connectivity index (χ1n) is 6.08. The number of carbonyl (C=O) groups is 1. The van der Waals surface area contributed by atoms with E-state index >= 15 is 0 Å². The lowest BCUT2D eigenvalue weighted by molar-refractivity contribution is -0.145. The van der Waals surface area contributed by atoms with Gasteiger partial charge in [-0.05, 0) is 23.6 Å². The molecule has 98 valence electrons. The predicted molar refractivity (Wildman–Crippen MR) is 73.6 cm³/mol. The third kappa shape index (κ3) is 7.39. The highest BCUT2D eigenvalue weighted by Crippen LogP contribution is 2.08. The maximum Gasteiger partial charge on any atom is 0.306 e. The van der Waals surface area contributed by atoms with Crippen LogP contribution in [0.1, 0.15) is 41.1 Å². The molecule has 0 aliphatic heterocycles. The van der Waals surface area contributed by atoms with Crippen LogP contribution < -0.4 is 5.73 Å². The minimum Gasteiger partial charge on any atom is -0.461 e. The molecule has 0 amide bonds. The number of rotatable bonds is 4. The second-order valence-corrected chi connectivity index (χ2v) is 4.00. The molecule has 0 bridgehead atoms. The van der Waals surface area contributed by atoms with E-state index in [1.807, 2.05) is 39.8 Å². The molecule has 0 spiro atoms. The zero-order valence-corrected chi connectivity index (χ0v) is 11.2. The molecule has 0 unspecified atom stereocenters. The van der Waals surface area contributed by atoms with Gasteiger partial charge in [0, 0.05) is 13.5 Å². The summed E-state index contributed by atoms with van der Waals surface area (Å²) in [7, 11) is 0. The van der Waals surface area contributed by atoms with Crippen LogP contribution >= 0.6 is 0 Å². The van der Waals surface area contributed by atoms with E-state index in [1.54, 1.807) is 12.1 Å². The summed E-state index contributed by atoms with van der Waals surface area (Å²) in [4.78, 5) is 11.2. The number of hydrogen-bond donors (Lipinski definition) is 1. The smallest absolute Gasteiger partial charge is 0.306 e. The van der Waals surface area contributed by atoms with Gasteiger partial charge in [0.15, 0.2) is 0 Å². The van der Waals surface area contributed by atoms with Crippen molar-refractivity contribution in [3.63, 3.8) is 0 Å². The third-order valence-electron chi connectivity index (χ3n) is 1.95. The van der Waals surface area contributed by atoms with Gasteiger partial charge in [-0.2, -0.15) is 0 Å². The molecule has 0 radical (unpaired) electrons. The average Bonchev–Trinajstić information content (AvgIpc) is 2.30. The Hall–Kier alpha value is -1.51. The minimum absolute atomic E-state index is 0. The standard InChI is InChI=1S/C12H17NO2.C2H6.H2/c1-9(2)7-12(14)15-8-10-3-5-11(13)6-4-10;1-2;/h3-6,9H,7-8,13H2,1-2H3;1-2H3;1H. The number of benzene rings is 1. The van der Waals surface area contributed by atoms with Crippen molar-refractivity contribution >= 4 is 11.7 Å². The Kier molecular flexibility index (Phi) is 7.85. The van der Waals surface area contributed by atoms with Crippen molar-refractivity contribution in [3.05, 3.63) is 29.8 Å². The van der Waals surface area contributed by atoms with Crippen molar-refractivity contribution < 1.29 is 11.0 Å². The van der Waals surface area contributed by atoms with Gasteiger partial charge >= 0.3 is 5.97 Å². The first-order valence-corrected chi connectivity index (χ1v) is 6.08. The highest BCUT2D eigenvalue weighted by molar-refractivity contribution is 5.69. The lowest BCUT2D eigenvalue weighted by Gasteiger charge is -2.06. The monoisotopic (exact) mass is 239 g/mol. The van der Waals surface area contributed by atoms with Crippen LogP contribution in [0, 0.1) is 5.92 Å². The molecule has 1 rings (SSSR count). The van der Waals surface area contributed by atoms with E-state index in [9.17, 15) is 4.79 Å². The van der Waals surface area contributed by atoms with Gasteiger partial charge in [-0.15, -0.1) is 0 Å². The Balaban J connectivity index is 0. The molecule has 3 nitrogen and oxygen atoms in total. The van der Waals surface area contributed by atoms with Crippen LogP contribution in [0.4, 0.5) is 5.69 Å². The van der Waals surface area contributed by atoms with Crippen LogP contribution in [-0.2, 0) is 16.1 Å². The van der Waals surface area contributed by atoms with Crippen LogP contribution in [0.5, 0.6) is 0 Å². The summed E-state index contributed by atoms with van der Waals surface area (Å²) < 4.78 is 5.10. The van der Waals surface area contributed by atoms with Crippen LogP contribution in [0.3, 0.4) is 0 Å². The lowest BCUT2D eigenvalue weighted by Crippen LogP contribution is -2.07. The Labute approximate surface area is 105 Å². The topological polar surface area (TPSA) is 52.3 Å². The maximum absolute atomic E-state index is 11.2. The summed E-state index contributed by atoms with van der Waals surface area (Å²) >= 11 is 0. The van der Waals surface area contributed by atoms with Crippen molar-refractivity contribution in [1.82, 2.24) is 0 Å². The summed E-state index contributed by atoms with van der Waals surface area (Å²) in [6.45, 7) is 8.31. The van der Waals surface area contributed by atoms with E-state index < -0.39 is 0 Å². The minimum atomic E-state index is -0.151. The quantitative estimate of drug-likeness (QED) is 0.644. The molecule has 0 aromatic heterocycles. The Morgan fingerprint density at radius 3 is 2.29 bits per heavy atom. The normalized spacial score (nSPS) is 9.47. The molecular formula is C14H25NO2. The first kappa shape index (κ1) is 15.5. The number of nitrogen functional groups attached to an aromatic ring is 1. The summed E-state index contributed by atoms with van der Waals surface area (Å²) in [5.41, 5.74) is 7.22. The molecule has 2 N–H and O–H groups in total. The van der Waals surface area contributed by atoms with Crippen molar-refractivity contribution in [2.24, 2.45) is 5.92 Å². The maximum atomic E-state index is 11.2. The highest BCUT2D eigenvalue weighted by Gasteiger charge is 2.05. The van der Waals surface area contributed by atoms with E-state index in [1.165, 1.54) is 0 Å². The Bertz CT molecular complexity index is 323. The van der Waals surface area contributed by atoms with E-state index in [-0.39, 0.29) is 7.40 Å². The molecule has 0 aliphatic carbocycles. The number of nitrogens with two attached hydrogens (primary N) is 1. The van der Waals surface area contributed by atoms with Crippen LogP contribution in [0.25, 0.3) is 0 Å². The molecular weight excluding hydrogens is 214 g/mol. The van der Waals surface area contributed by atoms with Gasteiger partial charge in [-0.25, -0.2) is 0 Å². The zero-order valence-electron chi connectivity index (χ0n) is 11.2. The Morgan fingerprint density at radius 2 is 1.82 bits per heavy atom. The SMILES string of the molecule is CC.CC(C)CC(=O)OCc1ccc(N)cc1.[HH]. The van der Waals surface area contributed by atoms with E-state index in [2.05, 4.69) is 0 Å². The Morgan fingerprint density at radius 1 is 1.29 bits per heavy atom. The van der Waals surface area contributed by atoms with Gasteiger partial charge in [0.05, 0.1) is 0 Å². The van der Waals surface area contributed by atoms with Gasteiger partial charge in [0.2, 0.25) is 0 Å². The number of ether oxygens (including phenoxy) is 1. The summed E-state index contributed by atoms with van der Waals surface area (Å²) in [5.74, 6) is 0.186. The first-order chi connectivity index (χ1) is 8.08. The largest absolute Gasteiger partial charge is 0.461 e. The van der Waals surface area contributed by atoms with Gasteiger partial charge in [-0.1, -0.05) is 39.8 Å². The van der Waals surface area contributed by atoms with Gasteiger partial charge in [-0.3, -0.25) is 4.79 Å². The van der Waals surface area contributed by atoms with Crippen LogP contribution in [-0.4, -0.2) is 5.97 Å². The van der Waals surface area contributed by atoms with Crippen molar-refractivity contribution in [1.29, 1.82) is 0 Å². The second-order valence-electron chi connectivity index (χ2n) is 4.00. The average molecular weight is 239 g/mol. The summed E-state index contributed by atoms with van der Waals surface area (Å²) in [5, 5.41) is 0. The second kappa shape index (κ2) is 8.62. The number of anilines is 1. The predicted octanol–water partition coefficient (Wildman–Crippen LogP) is 3.63. The van der Waals surface area contributed by atoms with Crippen molar-refractivity contribution in [2.75, 3.05) is 5.73 Å². The molecule has 1 aromatic rings. The molecule has 1 aromatic carbocycles. The van der Waals surface area contributed by atoms with Gasteiger partial charge < -0.3 is 10.5 Å². The number of hydrogen-bond acceptors (Lipinski definition) is 3. The van der Waals surface area contributed by atoms with Gasteiger partial charge in [0.1, 0.15) is 6.61 Å². The third-order valence-corrected chi connectivity index (χ3v) is 1.95. The van der Waals surface area contributed by atoms with Crippen LogP contribution in [0.2, 0.25) is 0 Å². The van der Waals surface area contributed by atoms with E-state index in [4.69, 9.17) is 10.5 Å². The number of carbonyl (C=O) groups excluding carboxylic acids is 1. The molecule has 0 fully saturated rings. The molecule has 0 aliphatic rings. The fraction of sp³-hybridized carbons (Fsp3) is 0.500. The van der Waals surface area contributed by atoms with Gasteiger partial charge in [0.25, 0.3) is 0 Å². The van der Waals surface area contributed by atoms with E-state index in [0.29, 0.717) is 24.6 Å². The number of esters is 1. The summed E-state index contributed by atoms with van der Waals surface area (Å²) in [6.07, 6.45) is 0.467. The molecule has 0 saturated carbocycles. The molecule has 17 heavy (non-hydrogen) atoms. The van der Waals surface area contributed by atoms with Crippen molar-refractivity contribution in [2.45, 2.75) is 40.7 Å². The van der Waals surface area contributed by atoms with Crippen LogP contribution in [0.15, 0.2) is 24.3 Å². The summed E-state index contributed by atoms with van der Waals surface area (Å²) in [6, 6.07) is 7.31. The molecule has 0 saturated heterocycles.